The van der Waals surface area contributed by atoms with E-state index in [9.17, 15) is 4.79 Å². The van der Waals surface area contributed by atoms with Gasteiger partial charge in [0.15, 0.2) is 5.78 Å². The number of allylic oxidation sites excluding steroid dienone is 2. The number of nitrogens with one attached hydrogen (secondary N) is 1. The number of carbonyl (C=O) groups is 1. The van der Waals surface area contributed by atoms with E-state index in [0.29, 0.717) is 6.42 Å². The highest BCUT2D eigenvalue weighted by molar-refractivity contribution is 9.10. The molecule has 1 aliphatic carbocycles. The Morgan fingerprint density at radius 1 is 1.33 bits per heavy atom. The molecule has 2 aromatic rings. The van der Waals surface area contributed by atoms with Gasteiger partial charge in [-0.25, -0.2) is 4.68 Å². The van der Waals surface area contributed by atoms with Gasteiger partial charge in [0.05, 0.1) is 0 Å². The van der Waals surface area contributed by atoms with E-state index >= 15 is 0 Å². The maximum absolute atomic E-state index is 12.6. The molecule has 1 atom stereocenters. The van der Waals surface area contributed by atoms with Gasteiger partial charge >= 0.3 is 0 Å². The molecule has 0 spiro atoms. The van der Waals surface area contributed by atoms with Crippen molar-refractivity contribution in [3.63, 3.8) is 0 Å². The van der Waals surface area contributed by atoms with Gasteiger partial charge in [0, 0.05) is 22.2 Å². The van der Waals surface area contributed by atoms with Gasteiger partial charge in [0.25, 0.3) is 0 Å². The number of thioether (sulfide) groups is 1. The van der Waals surface area contributed by atoms with Crippen LogP contribution in [0, 0.1) is 0 Å². The van der Waals surface area contributed by atoms with Gasteiger partial charge in [0.1, 0.15) is 6.04 Å². The fourth-order valence-electron chi connectivity index (χ4n) is 3.28. The normalized spacial score (nSPS) is 19.8. The summed E-state index contributed by atoms with van der Waals surface area (Å²) in [5, 5.41) is 8.74. The van der Waals surface area contributed by atoms with Crippen LogP contribution in [0.15, 0.2) is 45.2 Å². The van der Waals surface area contributed by atoms with Gasteiger partial charge in [-0.2, -0.15) is 4.98 Å². The van der Waals surface area contributed by atoms with Crippen molar-refractivity contribution in [1.82, 2.24) is 14.8 Å². The minimum absolute atomic E-state index is 0.198. The highest BCUT2D eigenvalue weighted by Gasteiger charge is 2.36. The lowest BCUT2D eigenvalue weighted by Gasteiger charge is -2.32. The number of carbonyl (C=O) groups excluding carboxylic acids is 1. The Hall–Kier alpha value is -1.60. The third kappa shape index (κ3) is 2.69. The molecule has 0 bridgehead atoms. The van der Waals surface area contributed by atoms with Crippen molar-refractivity contribution in [2.24, 2.45) is 0 Å². The number of ketones is 1. The first-order valence-electron chi connectivity index (χ1n) is 8.05. The second-order valence-corrected chi connectivity index (χ2v) is 7.99. The van der Waals surface area contributed by atoms with Crippen molar-refractivity contribution >= 4 is 39.4 Å². The predicted molar refractivity (Wildman–Crippen MR) is 98.2 cm³/mol. The Kier molecular flexibility index (Phi) is 4.22. The molecule has 1 aromatic carbocycles. The van der Waals surface area contributed by atoms with Gasteiger partial charge in [0.2, 0.25) is 11.1 Å². The molecule has 0 fully saturated rings. The zero-order chi connectivity index (χ0) is 16.7. The van der Waals surface area contributed by atoms with E-state index in [4.69, 9.17) is 0 Å². The average Bonchev–Trinajstić information content (AvgIpc) is 2.96. The van der Waals surface area contributed by atoms with Crippen molar-refractivity contribution in [3.8, 4) is 0 Å². The molecule has 5 nitrogen and oxygen atoms in total. The Bertz CT molecular complexity index is 828. The number of hydrogen-bond donors (Lipinski definition) is 1. The lowest BCUT2D eigenvalue weighted by molar-refractivity contribution is -0.116. The zero-order valence-electron chi connectivity index (χ0n) is 13.3. The SMILES string of the molecule is CCSc1nc2n(n1)C(c1ccc(Br)cc1)C1=C(CCCC1=O)N2. The first-order chi connectivity index (χ1) is 11.7. The van der Waals surface area contributed by atoms with Crippen molar-refractivity contribution in [1.29, 1.82) is 0 Å². The van der Waals surface area contributed by atoms with Crippen LogP contribution in [0.4, 0.5) is 5.95 Å². The minimum atomic E-state index is -0.198. The van der Waals surface area contributed by atoms with Gasteiger partial charge in [-0.1, -0.05) is 46.7 Å². The van der Waals surface area contributed by atoms with Crippen molar-refractivity contribution < 1.29 is 4.79 Å². The minimum Gasteiger partial charge on any atom is -0.328 e. The molecule has 24 heavy (non-hydrogen) atoms. The van der Waals surface area contributed by atoms with Gasteiger partial charge in [-0.15, -0.1) is 5.10 Å². The smallest absolute Gasteiger partial charge is 0.227 e. The molecule has 0 saturated carbocycles. The molecule has 0 amide bonds. The molecule has 7 heteroatoms. The fourth-order valence-corrected chi connectivity index (χ4v) is 4.10. The molecule has 4 rings (SSSR count). The molecule has 124 valence electrons. The highest BCUT2D eigenvalue weighted by Crippen LogP contribution is 2.40. The van der Waals surface area contributed by atoms with E-state index in [0.717, 1.165) is 51.0 Å². The van der Waals surface area contributed by atoms with Gasteiger partial charge < -0.3 is 5.32 Å². The quantitative estimate of drug-likeness (QED) is 0.777. The first-order valence-corrected chi connectivity index (χ1v) is 9.83. The summed E-state index contributed by atoms with van der Waals surface area (Å²) < 4.78 is 2.88. The monoisotopic (exact) mass is 404 g/mol. The molecule has 2 heterocycles. The maximum Gasteiger partial charge on any atom is 0.227 e. The summed E-state index contributed by atoms with van der Waals surface area (Å²) in [7, 11) is 0. The van der Waals surface area contributed by atoms with E-state index in [2.05, 4.69) is 38.3 Å². The third-order valence-electron chi connectivity index (χ3n) is 4.31. The number of anilines is 1. The number of fused-ring (bicyclic) bond motifs is 1. The van der Waals surface area contributed by atoms with Crippen LogP contribution in [0.3, 0.4) is 0 Å². The van der Waals surface area contributed by atoms with E-state index in [-0.39, 0.29) is 11.8 Å². The summed E-state index contributed by atoms with van der Waals surface area (Å²) in [6.07, 6.45) is 2.38. The molecule has 0 saturated heterocycles. The molecule has 1 unspecified atom stereocenters. The fraction of sp³-hybridized carbons (Fsp3) is 0.353. The Morgan fingerprint density at radius 2 is 2.12 bits per heavy atom. The van der Waals surface area contributed by atoms with Crippen LogP contribution in [0.25, 0.3) is 0 Å². The highest BCUT2D eigenvalue weighted by atomic mass is 79.9. The van der Waals surface area contributed by atoms with Gasteiger partial charge in [-0.05, 0) is 36.3 Å². The second kappa shape index (κ2) is 6.37. The summed E-state index contributed by atoms with van der Waals surface area (Å²) >= 11 is 5.09. The number of Topliss-reactive ketones (excluding diaryl/α,β-unsaturated/α-hetero) is 1. The lowest BCUT2D eigenvalue weighted by atomic mass is 9.85. The van der Waals surface area contributed by atoms with Crippen molar-refractivity contribution in [2.45, 2.75) is 37.4 Å². The summed E-state index contributed by atoms with van der Waals surface area (Å²) in [6.45, 7) is 2.08. The van der Waals surface area contributed by atoms with Crippen LogP contribution in [0.2, 0.25) is 0 Å². The molecule has 2 aliphatic rings. The van der Waals surface area contributed by atoms with E-state index < -0.39 is 0 Å². The van der Waals surface area contributed by atoms with E-state index in [1.807, 2.05) is 28.9 Å². The summed E-state index contributed by atoms with van der Waals surface area (Å²) in [6, 6.07) is 7.90. The largest absolute Gasteiger partial charge is 0.328 e. The molecular weight excluding hydrogens is 388 g/mol. The summed E-state index contributed by atoms with van der Waals surface area (Å²) in [4.78, 5) is 17.2. The van der Waals surface area contributed by atoms with E-state index in [1.54, 1.807) is 11.8 Å². The topological polar surface area (TPSA) is 59.8 Å². The number of halogens is 1. The second-order valence-electron chi connectivity index (χ2n) is 5.84. The summed E-state index contributed by atoms with van der Waals surface area (Å²) in [5.74, 6) is 1.85. The van der Waals surface area contributed by atoms with E-state index in [1.165, 1.54) is 0 Å². The number of benzene rings is 1. The predicted octanol–water partition coefficient (Wildman–Crippen LogP) is 4.17. The Morgan fingerprint density at radius 3 is 2.88 bits per heavy atom. The molecular formula is C17H17BrN4OS. The van der Waals surface area contributed by atoms with Crippen LogP contribution in [0.1, 0.15) is 37.8 Å². The number of nitrogens with zero attached hydrogens (tertiary/aromatic N) is 3. The Labute approximate surface area is 153 Å². The number of hydrogen-bond acceptors (Lipinski definition) is 5. The van der Waals surface area contributed by atoms with Crippen LogP contribution in [0.5, 0.6) is 0 Å². The number of aromatic nitrogens is 3. The molecule has 1 N–H and O–H groups in total. The van der Waals surface area contributed by atoms with Gasteiger partial charge in [-0.3, -0.25) is 4.79 Å². The van der Waals surface area contributed by atoms with Crippen LogP contribution >= 0.6 is 27.7 Å². The van der Waals surface area contributed by atoms with Crippen LogP contribution < -0.4 is 5.32 Å². The molecule has 0 radical (unpaired) electrons. The van der Waals surface area contributed by atoms with Crippen LogP contribution in [-0.4, -0.2) is 26.3 Å². The zero-order valence-corrected chi connectivity index (χ0v) is 15.7. The third-order valence-corrected chi connectivity index (χ3v) is 5.56. The Balaban J connectivity index is 1.87. The van der Waals surface area contributed by atoms with Crippen molar-refractivity contribution in [3.05, 3.63) is 45.6 Å². The number of rotatable bonds is 3. The maximum atomic E-state index is 12.6. The van der Waals surface area contributed by atoms with Crippen LogP contribution in [-0.2, 0) is 4.79 Å². The molecule has 1 aromatic heterocycles. The summed E-state index contributed by atoms with van der Waals surface area (Å²) in [5.41, 5.74) is 2.91. The average molecular weight is 405 g/mol. The first kappa shape index (κ1) is 15.9. The van der Waals surface area contributed by atoms with Crippen molar-refractivity contribution in [2.75, 3.05) is 11.1 Å². The molecule has 1 aliphatic heterocycles. The lowest BCUT2D eigenvalue weighted by Crippen LogP contribution is -2.31. The standard InChI is InChI=1S/C17H17BrN4OS/c1-2-24-17-20-16-19-12-4-3-5-13(23)14(12)15(22(16)21-17)10-6-8-11(18)9-7-10/h6-9,15H,2-5H2,1H3,(H,19,20,21).